The fourth-order valence-electron chi connectivity index (χ4n) is 0.273. The van der Waals surface area contributed by atoms with E-state index >= 15 is 0 Å². The lowest BCUT2D eigenvalue weighted by Crippen LogP contribution is -1.83. The molecule has 0 amide bonds. The van der Waals surface area contributed by atoms with Crippen molar-refractivity contribution in [2.45, 2.75) is 6.85 Å². The van der Waals surface area contributed by atoms with Crippen LogP contribution in [0.5, 0.6) is 0 Å². The average molecular weight is 134 g/mol. The van der Waals surface area contributed by atoms with E-state index in [1.165, 1.54) is 0 Å². The zero-order valence-electron chi connectivity index (χ0n) is 8.77. The van der Waals surface area contributed by atoms with Gasteiger partial charge >= 0.3 is 0 Å². The van der Waals surface area contributed by atoms with Crippen LogP contribution in [0.25, 0.3) is 0 Å². The van der Waals surface area contributed by atoms with E-state index in [4.69, 9.17) is 18.5 Å². The first-order valence-electron chi connectivity index (χ1n) is 4.33. The van der Waals surface area contributed by atoms with Crippen molar-refractivity contribution in [3.63, 3.8) is 0 Å². The fourth-order valence-corrected chi connectivity index (χ4v) is 0.395. The zero-order chi connectivity index (χ0) is 10.2. The molecule has 1 aromatic rings. The minimum atomic E-state index is -2.49. The van der Waals surface area contributed by atoms with E-state index in [0.29, 0.717) is 0 Å². The smallest absolute Gasteiger partial charge is 0.132 e. The summed E-state index contributed by atoms with van der Waals surface area (Å²) >= 11 is 5.42. The lowest BCUT2D eigenvalue weighted by atomic mass is 10.6. The molecule has 0 saturated heterocycles. The molecule has 2 nitrogen and oxygen atoms in total. The minimum absolute atomic E-state index is 0.314. The van der Waals surface area contributed by atoms with Crippen LogP contribution < -0.4 is 0 Å². The van der Waals surface area contributed by atoms with Crippen molar-refractivity contribution in [1.29, 1.82) is 0 Å². The van der Waals surface area contributed by atoms with Crippen LogP contribution in [0.3, 0.4) is 0 Å². The third-order valence-electron chi connectivity index (χ3n) is 0.525. The predicted octanol–water partition coefficient (Wildman–Crippen LogP) is 1.44. The van der Waals surface area contributed by atoms with Gasteiger partial charge in [-0.1, -0.05) is 11.6 Å². The molecule has 0 bridgehead atoms. The first-order chi connectivity index (χ1) is 5.82. The molecule has 0 fully saturated rings. The molecule has 0 atom stereocenters. The summed E-state index contributed by atoms with van der Waals surface area (Å²) in [5.41, 5.74) is 0. The summed E-state index contributed by atoms with van der Waals surface area (Å²) in [6.45, 7) is -2.49. The number of nitrogens with zero attached hydrogens (tertiary/aromatic N) is 2. The summed E-state index contributed by atoms with van der Waals surface area (Å²) in [5, 5.41) is -0.314. The molecule has 0 aliphatic carbocycles. The molecule has 8 heavy (non-hydrogen) atoms. The molecule has 1 rings (SSSR count). The lowest BCUT2D eigenvalue weighted by Gasteiger charge is -1.87. The highest BCUT2D eigenvalue weighted by Gasteiger charge is 1.85. The largest absolute Gasteiger partial charge is 0.242 e. The monoisotopic (exact) mass is 133 g/mol. The number of rotatable bonds is 0. The maximum atomic E-state index is 7.12. The normalized spacial score (nSPS) is 19.9. The Morgan fingerprint density at radius 1 is 2.00 bits per heavy atom. The van der Waals surface area contributed by atoms with Crippen molar-refractivity contribution in [3.8, 4) is 0 Å². The number of aromatic nitrogens is 2. The molecule has 0 N–H and O–H groups in total. The summed E-state index contributed by atoms with van der Waals surface area (Å²) in [6.07, 6.45) is -0.480. The van der Waals surface area contributed by atoms with Crippen molar-refractivity contribution in [2.24, 2.45) is 0 Å². The second-order valence-electron chi connectivity index (χ2n) is 1.07. The van der Waals surface area contributed by atoms with E-state index in [1.54, 1.807) is 0 Å². The van der Waals surface area contributed by atoms with Crippen LogP contribution in [0.15, 0.2) is 12.2 Å². The van der Waals surface area contributed by atoms with Crippen molar-refractivity contribution >= 4 is 11.6 Å². The van der Waals surface area contributed by atoms with Gasteiger partial charge in [0.2, 0.25) is 0 Å². The minimum Gasteiger partial charge on any atom is -0.242 e. The maximum Gasteiger partial charge on any atom is 0.132 e. The molecule has 0 aliphatic rings. The molecule has 0 radical (unpaired) electrons. The van der Waals surface area contributed by atoms with Gasteiger partial charge in [-0.15, -0.1) is 0 Å². The Labute approximate surface area is 59.6 Å². The Bertz CT molecular complexity index is 313. The SMILES string of the molecule is [2H]c1nc(C([2H])([2H])[2H])nc(Cl)c1[2H]. The first kappa shape index (κ1) is 1.95. The van der Waals surface area contributed by atoms with Gasteiger partial charge in [-0.3, -0.25) is 0 Å². The highest BCUT2D eigenvalue weighted by Crippen LogP contribution is 1.99. The predicted molar refractivity (Wildman–Crippen MR) is 31.8 cm³/mol. The van der Waals surface area contributed by atoms with Crippen LogP contribution in [0.4, 0.5) is 0 Å². The average Bonchev–Trinajstić information content (AvgIpc) is 1.97. The standard InChI is InChI=1S/C5H5ClN2/c1-4-7-3-2-5(6)8-4/h2-3H,1H3/i1D3,2D,3D. The second-order valence-corrected chi connectivity index (χ2v) is 1.43. The summed E-state index contributed by atoms with van der Waals surface area (Å²) in [6, 6.07) is -0.366. The number of hydrogen-bond donors (Lipinski definition) is 0. The van der Waals surface area contributed by atoms with Crippen molar-refractivity contribution in [3.05, 3.63) is 23.2 Å². The van der Waals surface area contributed by atoms with Crippen molar-refractivity contribution < 1.29 is 6.85 Å². The van der Waals surface area contributed by atoms with Crippen LogP contribution in [0.1, 0.15) is 12.7 Å². The Morgan fingerprint density at radius 3 is 3.50 bits per heavy atom. The molecule has 0 aromatic carbocycles. The molecule has 42 valence electrons. The van der Waals surface area contributed by atoms with Gasteiger partial charge in [0.1, 0.15) is 11.0 Å². The maximum absolute atomic E-state index is 7.12. The van der Waals surface area contributed by atoms with E-state index in [2.05, 4.69) is 9.97 Å². The Kier molecular flexibility index (Phi) is 0.511. The number of aryl methyl sites for hydroxylation is 1. The van der Waals surface area contributed by atoms with Gasteiger partial charge in [-0.05, 0) is 12.9 Å². The lowest BCUT2D eigenvalue weighted by molar-refractivity contribution is 1.05. The number of halogens is 1. The van der Waals surface area contributed by atoms with E-state index in [0.717, 1.165) is 0 Å². The van der Waals surface area contributed by atoms with Crippen molar-refractivity contribution in [2.75, 3.05) is 0 Å². The third kappa shape index (κ3) is 1.17. The van der Waals surface area contributed by atoms with Gasteiger partial charge in [-0.25, -0.2) is 9.97 Å². The molecule has 0 aliphatic heterocycles. The Morgan fingerprint density at radius 2 is 2.88 bits per heavy atom. The molecule has 0 spiro atoms. The Balaban J connectivity index is 3.29. The first-order valence-corrected chi connectivity index (χ1v) is 2.21. The van der Waals surface area contributed by atoms with Gasteiger partial charge in [0.05, 0.1) is 2.74 Å². The molecule has 3 heteroatoms. The van der Waals surface area contributed by atoms with Crippen LogP contribution in [0.2, 0.25) is 5.15 Å². The van der Waals surface area contributed by atoms with Gasteiger partial charge in [0.15, 0.2) is 0 Å². The molecular formula is C5H5ClN2. The second kappa shape index (κ2) is 2.09. The Hall–Kier alpha value is -0.630. The summed E-state index contributed by atoms with van der Waals surface area (Å²) in [5.74, 6) is -0.501. The van der Waals surface area contributed by atoms with Gasteiger partial charge in [0, 0.05) is 10.3 Å². The number of hydrogen-bond acceptors (Lipinski definition) is 2. The van der Waals surface area contributed by atoms with Crippen LogP contribution >= 0.6 is 11.6 Å². The quantitative estimate of drug-likeness (QED) is 0.501. The molecule has 1 aromatic heterocycles. The summed E-state index contributed by atoms with van der Waals surface area (Å²) in [4.78, 5) is 6.72. The summed E-state index contributed by atoms with van der Waals surface area (Å²) < 4.78 is 35.1. The zero-order valence-corrected chi connectivity index (χ0v) is 4.53. The van der Waals surface area contributed by atoms with Gasteiger partial charge in [0.25, 0.3) is 0 Å². The highest BCUT2D eigenvalue weighted by atomic mass is 35.5. The summed E-state index contributed by atoms with van der Waals surface area (Å²) in [7, 11) is 0. The van der Waals surface area contributed by atoms with E-state index in [-0.39, 0.29) is 11.2 Å². The van der Waals surface area contributed by atoms with Crippen molar-refractivity contribution in [1.82, 2.24) is 9.97 Å². The van der Waals surface area contributed by atoms with Crippen LogP contribution in [-0.2, 0) is 0 Å². The highest BCUT2D eigenvalue weighted by molar-refractivity contribution is 6.29. The van der Waals surface area contributed by atoms with E-state index in [9.17, 15) is 0 Å². The molecular weight excluding hydrogens is 124 g/mol. The van der Waals surface area contributed by atoms with E-state index < -0.39 is 18.8 Å². The fraction of sp³-hybridized carbons (Fsp3) is 0.200. The van der Waals surface area contributed by atoms with Gasteiger partial charge < -0.3 is 0 Å². The topological polar surface area (TPSA) is 25.8 Å². The van der Waals surface area contributed by atoms with Crippen LogP contribution in [-0.4, -0.2) is 9.97 Å². The van der Waals surface area contributed by atoms with E-state index in [1.807, 2.05) is 0 Å². The van der Waals surface area contributed by atoms with Crippen LogP contribution in [0, 0.1) is 6.85 Å². The molecule has 0 unspecified atom stereocenters. The molecule has 1 heterocycles. The molecule has 0 saturated carbocycles. The van der Waals surface area contributed by atoms with Gasteiger partial charge in [-0.2, -0.15) is 0 Å². The third-order valence-corrected chi connectivity index (χ3v) is 0.704.